The van der Waals surface area contributed by atoms with Gasteiger partial charge in [-0.2, -0.15) is 15.1 Å². The van der Waals surface area contributed by atoms with Gasteiger partial charge in [0, 0.05) is 6.54 Å². The molecule has 2 heterocycles. The van der Waals surface area contributed by atoms with Crippen LogP contribution < -0.4 is 5.32 Å². The third kappa shape index (κ3) is 1.95. The van der Waals surface area contributed by atoms with Gasteiger partial charge in [0.25, 0.3) is 0 Å². The average Bonchev–Trinajstić information content (AvgIpc) is 2.95. The molecule has 1 aliphatic rings. The van der Waals surface area contributed by atoms with Gasteiger partial charge in [-0.05, 0) is 23.9 Å². The van der Waals surface area contributed by atoms with Crippen LogP contribution in [0.2, 0.25) is 5.28 Å². The van der Waals surface area contributed by atoms with Crippen LogP contribution in [0.5, 0.6) is 0 Å². The van der Waals surface area contributed by atoms with Crippen LogP contribution in [-0.2, 0) is 0 Å². The third-order valence-corrected chi connectivity index (χ3v) is 2.99. The minimum absolute atomic E-state index is 0.241. The van der Waals surface area contributed by atoms with Crippen molar-refractivity contribution in [1.29, 1.82) is 0 Å². The number of aromatic amines is 1. The molecule has 2 aromatic rings. The fourth-order valence-electron chi connectivity index (χ4n) is 1.74. The molecule has 1 fully saturated rings. The summed E-state index contributed by atoms with van der Waals surface area (Å²) >= 11 is 5.82. The Morgan fingerprint density at radius 2 is 2.31 bits per heavy atom. The molecule has 0 unspecified atom stereocenters. The second-order valence-electron chi connectivity index (χ2n) is 4.13. The highest BCUT2D eigenvalue weighted by molar-refractivity contribution is 6.28. The smallest absolute Gasteiger partial charge is 0.226 e. The van der Waals surface area contributed by atoms with E-state index < -0.39 is 0 Å². The van der Waals surface area contributed by atoms with E-state index in [-0.39, 0.29) is 5.28 Å². The van der Waals surface area contributed by atoms with E-state index in [1.54, 1.807) is 6.20 Å². The number of nitrogens with one attached hydrogen (secondary N) is 2. The minimum Gasteiger partial charge on any atom is -0.369 e. The maximum Gasteiger partial charge on any atom is 0.226 e. The van der Waals surface area contributed by atoms with Gasteiger partial charge in [0.2, 0.25) is 5.28 Å². The molecular formula is C10H12ClN5. The maximum atomic E-state index is 5.82. The Morgan fingerprint density at radius 1 is 1.44 bits per heavy atom. The number of nitrogens with zero attached hydrogens (tertiary/aromatic N) is 3. The van der Waals surface area contributed by atoms with Gasteiger partial charge in [0.1, 0.15) is 5.82 Å². The van der Waals surface area contributed by atoms with E-state index in [1.807, 2.05) is 0 Å². The number of hydrogen-bond donors (Lipinski definition) is 2. The van der Waals surface area contributed by atoms with Crippen LogP contribution in [-0.4, -0.2) is 26.7 Å². The number of anilines is 1. The monoisotopic (exact) mass is 237 g/mol. The Kier molecular flexibility index (Phi) is 2.40. The summed E-state index contributed by atoms with van der Waals surface area (Å²) in [5.74, 6) is 1.68. The van der Waals surface area contributed by atoms with Gasteiger partial charge in [-0.1, -0.05) is 12.8 Å². The molecule has 0 aromatic carbocycles. The first-order valence-corrected chi connectivity index (χ1v) is 5.81. The summed E-state index contributed by atoms with van der Waals surface area (Å²) in [7, 11) is 0. The van der Waals surface area contributed by atoms with E-state index in [0.717, 1.165) is 23.7 Å². The van der Waals surface area contributed by atoms with E-state index >= 15 is 0 Å². The quantitative estimate of drug-likeness (QED) is 0.801. The van der Waals surface area contributed by atoms with Crippen molar-refractivity contribution in [3.63, 3.8) is 0 Å². The predicted octanol–water partition coefficient (Wildman–Crippen LogP) is 2.22. The maximum absolute atomic E-state index is 5.82. The van der Waals surface area contributed by atoms with Gasteiger partial charge in [-0.3, -0.25) is 5.10 Å². The second kappa shape index (κ2) is 3.90. The van der Waals surface area contributed by atoms with Crippen molar-refractivity contribution in [3.8, 4) is 0 Å². The third-order valence-electron chi connectivity index (χ3n) is 2.82. The number of hydrogen-bond acceptors (Lipinski definition) is 4. The Labute approximate surface area is 97.6 Å². The molecule has 0 radical (unpaired) electrons. The van der Waals surface area contributed by atoms with Gasteiger partial charge in [-0.15, -0.1) is 0 Å². The van der Waals surface area contributed by atoms with Crippen LogP contribution in [0, 0.1) is 5.92 Å². The Bertz CT molecular complexity index is 505. The molecule has 1 aliphatic carbocycles. The highest BCUT2D eigenvalue weighted by atomic mass is 35.5. The molecule has 0 amide bonds. The average molecular weight is 238 g/mol. The topological polar surface area (TPSA) is 66.5 Å². The first kappa shape index (κ1) is 9.84. The van der Waals surface area contributed by atoms with Crippen LogP contribution in [0.3, 0.4) is 0 Å². The van der Waals surface area contributed by atoms with Gasteiger partial charge < -0.3 is 5.32 Å². The summed E-state index contributed by atoms with van der Waals surface area (Å²) in [6.45, 7) is 0.929. The van der Waals surface area contributed by atoms with E-state index in [2.05, 4.69) is 25.5 Å². The Hall–Kier alpha value is -1.36. The molecule has 6 heteroatoms. The van der Waals surface area contributed by atoms with Gasteiger partial charge in [0.15, 0.2) is 5.65 Å². The molecule has 5 nitrogen and oxygen atoms in total. The van der Waals surface area contributed by atoms with Gasteiger partial charge >= 0.3 is 0 Å². The van der Waals surface area contributed by atoms with Crippen molar-refractivity contribution in [2.45, 2.75) is 19.3 Å². The predicted molar refractivity (Wildman–Crippen MR) is 62.5 cm³/mol. The van der Waals surface area contributed by atoms with E-state index in [9.17, 15) is 0 Å². The molecule has 0 bridgehead atoms. The number of fused-ring (bicyclic) bond motifs is 1. The van der Waals surface area contributed by atoms with Crippen LogP contribution in [0.1, 0.15) is 19.3 Å². The molecular weight excluding hydrogens is 226 g/mol. The number of aromatic nitrogens is 4. The molecule has 1 saturated carbocycles. The molecule has 0 atom stereocenters. The lowest BCUT2D eigenvalue weighted by molar-refractivity contribution is 0.759. The van der Waals surface area contributed by atoms with Crippen molar-refractivity contribution in [3.05, 3.63) is 11.5 Å². The Morgan fingerprint density at radius 3 is 3.12 bits per heavy atom. The van der Waals surface area contributed by atoms with Crippen LogP contribution in [0.25, 0.3) is 11.0 Å². The van der Waals surface area contributed by atoms with Crippen molar-refractivity contribution in [2.75, 3.05) is 11.9 Å². The number of rotatable bonds is 4. The van der Waals surface area contributed by atoms with E-state index in [4.69, 9.17) is 11.6 Å². The summed E-state index contributed by atoms with van der Waals surface area (Å²) < 4.78 is 0. The van der Waals surface area contributed by atoms with Crippen LogP contribution in [0.4, 0.5) is 5.82 Å². The van der Waals surface area contributed by atoms with Crippen molar-refractivity contribution >= 4 is 28.5 Å². The number of halogens is 1. The lowest BCUT2D eigenvalue weighted by Crippen LogP contribution is -2.05. The first-order valence-electron chi connectivity index (χ1n) is 5.43. The minimum atomic E-state index is 0.241. The zero-order valence-electron chi connectivity index (χ0n) is 8.70. The second-order valence-corrected chi connectivity index (χ2v) is 4.47. The normalized spacial score (nSPS) is 15.6. The zero-order chi connectivity index (χ0) is 11.0. The lowest BCUT2D eigenvalue weighted by Gasteiger charge is -2.05. The van der Waals surface area contributed by atoms with Gasteiger partial charge in [-0.25, -0.2) is 0 Å². The molecule has 84 valence electrons. The van der Waals surface area contributed by atoms with Crippen molar-refractivity contribution in [2.24, 2.45) is 5.92 Å². The van der Waals surface area contributed by atoms with Crippen molar-refractivity contribution < 1.29 is 0 Å². The highest BCUT2D eigenvalue weighted by Gasteiger charge is 2.20. The molecule has 0 spiro atoms. The fourth-order valence-corrected chi connectivity index (χ4v) is 1.91. The van der Waals surface area contributed by atoms with E-state index in [1.165, 1.54) is 19.3 Å². The fraction of sp³-hybridized carbons (Fsp3) is 0.500. The van der Waals surface area contributed by atoms with Crippen LogP contribution in [0.15, 0.2) is 6.20 Å². The van der Waals surface area contributed by atoms with Crippen molar-refractivity contribution in [1.82, 2.24) is 20.2 Å². The molecule has 2 aromatic heterocycles. The molecule has 0 saturated heterocycles. The van der Waals surface area contributed by atoms with Gasteiger partial charge in [0.05, 0.1) is 11.6 Å². The molecule has 16 heavy (non-hydrogen) atoms. The largest absolute Gasteiger partial charge is 0.369 e. The zero-order valence-corrected chi connectivity index (χ0v) is 9.46. The highest BCUT2D eigenvalue weighted by Crippen LogP contribution is 2.32. The summed E-state index contributed by atoms with van der Waals surface area (Å²) in [6.07, 6.45) is 5.65. The van der Waals surface area contributed by atoms with Crippen LogP contribution >= 0.6 is 11.6 Å². The lowest BCUT2D eigenvalue weighted by atomic mass is 10.3. The molecule has 0 aliphatic heterocycles. The summed E-state index contributed by atoms with van der Waals surface area (Å²) in [5.41, 5.74) is 0.675. The SMILES string of the molecule is Clc1nc(NCCC2CC2)c2cn[nH]c2n1. The summed E-state index contributed by atoms with van der Waals surface area (Å²) in [5, 5.41) is 11.1. The Balaban J connectivity index is 1.80. The standard InChI is InChI=1S/C10H12ClN5/c11-10-14-8(12-4-3-6-1-2-6)7-5-13-16-9(7)15-10/h5-6H,1-4H2,(H2,12,13,14,15,16). The summed E-state index contributed by atoms with van der Waals surface area (Å²) in [4.78, 5) is 8.22. The number of H-pyrrole nitrogens is 1. The first-order chi connectivity index (χ1) is 7.83. The summed E-state index contributed by atoms with van der Waals surface area (Å²) in [6, 6.07) is 0. The molecule has 2 N–H and O–H groups in total. The van der Waals surface area contributed by atoms with E-state index in [0.29, 0.717) is 5.65 Å². The molecule has 3 rings (SSSR count).